The fourth-order valence-corrected chi connectivity index (χ4v) is 5.59. The smallest absolute Gasteiger partial charge is 0.236 e. The number of nitrogens with zero attached hydrogens (tertiary/aromatic N) is 4. The molecular weight excluding hydrogens is 340 g/mol. The summed E-state index contributed by atoms with van der Waals surface area (Å²) in [5.41, 5.74) is 0. The van der Waals surface area contributed by atoms with Crippen LogP contribution < -0.4 is 0 Å². The minimum atomic E-state index is -2.91. The van der Waals surface area contributed by atoms with Gasteiger partial charge in [-0.25, -0.2) is 8.42 Å². The fraction of sp³-hybridized carbons (Fsp3) is 0.765. The van der Waals surface area contributed by atoms with Gasteiger partial charge in [0.15, 0.2) is 9.84 Å². The van der Waals surface area contributed by atoms with Crippen LogP contribution in [0.3, 0.4) is 0 Å². The largest absolute Gasteiger partial charge is 0.342 e. The van der Waals surface area contributed by atoms with Gasteiger partial charge in [0.25, 0.3) is 0 Å². The quantitative estimate of drug-likeness (QED) is 0.736. The van der Waals surface area contributed by atoms with Gasteiger partial charge in [-0.05, 0) is 44.7 Å². The monoisotopic (exact) mass is 368 g/mol. The molecule has 1 aromatic heterocycles. The minimum Gasteiger partial charge on any atom is -0.342 e. The Labute approximate surface area is 149 Å². The third-order valence-electron chi connectivity index (χ3n) is 5.51. The maximum Gasteiger partial charge on any atom is 0.236 e. The van der Waals surface area contributed by atoms with Crippen LogP contribution in [0, 0.1) is 5.92 Å². The van der Waals surface area contributed by atoms with Crippen LogP contribution >= 0.6 is 0 Å². The second kappa shape index (κ2) is 7.86. The molecule has 1 amide bonds. The topological polar surface area (TPSA) is 75.5 Å². The lowest BCUT2D eigenvalue weighted by Crippen LogP contribution is -2.46. The molecule has 0 radical (unpaired) electrons. The molecule has 0 spiro atoms. The van der Waals surface area contributed by atoms with E-state index in [1.165, 1.54) is 0 Å². The van der Waals surface area contributed by atoms with Crippen LogP contribution in [0.25, 0.3) is 0 Å². The van der Waals surface area contributed by atoms with Crippen LogP contribution in [0.5, 0.6) is 0 Å². The van der Waals surface area contributed by atoms with Crippen LogP contribution in [-0.4, -0.2) is 78.1 Å². The van der Waals surface area contributed by atoms with E-state index in [9.17, 15) is 13.2 Å². The molecule has 0 saturated carbocycles. The molecule has 2 saturated heterocycles. The standard InChI is InChI=1S/C17H28N4O3S/c1-19(16-6-12-25(23,24)14-16)13-17(22)20-9-3-15(4-10-20)5-11-21-8-2-7-18-21/h2,7-8,15-16H,3-6,9-14H2,1H3/t16-/m1/s1. The summed E-state index contributed by atoms with van der Waals surface area (Å²) in [5, 5.41) is 4.23. The van der Waals surface area contributed by atoms with Crippen LogP contribution in [0.1, 0.15) is 25.7 Å². The van der Waals surface area contributed by atoms with Crippen molar-refractivity contribution in [2.75, 3.05) is 38.2 Å². The first-order chi connectivity index (χ1) is 11.9. The van der Waals surface area contributed by atoms with E-state index in [1.807, 2.05) is 33.8 Å². The zero-order chi connectivity index (χ0) is 17.9. The number of sulfone groups is 1. The molecular formula is C17H28N4O3S. The lowest BCUT2D eigenvalue weighted by atomic mass is 9.93. The molecule has 2 aliphatic heterocycles. The number of hydrogen-bond acceptors (Lipinski definition) is 5. The van der Waals surface area contributed by atoms with Gasteiger partial charge in [0.2, 0.25) is 5.91 Å². The van der Waals surface area contributed by atoms with E-state index in [4.69, 9.17) is 0 Å². The third kappa shape index (κ3) is 5.04. The number of piperidine rings is 1. The van der Waals surface area contributed by atoms with Crippen molar-refractivity contribution in [3.8, 4) is 0 Å². The predicted molar refractivity (Wildman–Crippen MR) is 95.8 cm³/mol. The van der Waals surface area contributed by atoms with Gasteiger partial charge in [0, 0.05) is 38.1 Å². The van der Waals surface area contributed by atoms with E-state index < -0.39 is 9.84 Å². The number of rotatable bonds is 6. The van der Waals surface area contributed by atoms with Gasteiger partial charge in [0.05, 0.1) is 18.1 Å². The first kappa shape index (κ1) is 18.4. The molecule has 0 bridgehead atoms. The average Bonchev–Trinajstić information content (AvgIpc) is 3.22. The number of aromatic nitrogens is 2. The highest BCUT2D eigenvalue weighted by Gasteiger charge is 2.32. The molecule has 25 heavy (non-hydrogen) atoms. The van der Waals surface area contributed by atoms with E-state index in [0.717, 1.165) is 38.9 Å². The van der Waals surface area contributed by atoms with Crippen molar-refractivity contribution < 1.29 is 13.2 Å². The Bertz CT molecular complexity index is 666. The van der Waals surface area contributed by atoms with Crippen molar-refractivity contribution in [2.24, 2.45) is 5.92 Å². The molecule has 3 rings (SSSR count). The summed E-state index contributed by atoms with van der Waals surface area (Å²) in [6.45, 7) is 2.86. The van der Waals surface area contributed by atoms with E-state index in [2.05, 4.69) is 5.10 Å². The van der Waals surface area contributed by atoms with Crippen LogP contribution in [0.15, 0.2) is 18.5 Å². The molecule has 140 valence electrons. The van der Waals surface area contributed by atoms with E-state index in [-0.39, 0.29) is 23.5 Å². The van der Waals surface area contributed by atoms with Gasteiger partial charge in [-0.1, -0.05) is 0 Å². The molecule has 3 heterocycles. The molecule has 0 aliphatic carbocycles. The van der Waals surface area contributed by atoms with Crippen molar-refractivity contribution in [1.82, 2.24) is 19.6 Å². The third-order valence-corrected chi connectivity index (χ3v) is 7.26. The van der Waals surface area contributed by atoms with E-state index in [1.54, 1.807) is 6.20 Å². The number of likely N-dealkylation sites (tertiary alicyclic amines) is 1. The van der Waals surface area contributed by atoms with Crippen molar-refractivity contribution in [3.05, 3.63) is 18.5 Å². The fourth-order valence-electron chi connectivity index (χ4n) is 3.78. The summed E-state index contributed by atoms with van der Waals surface area (Å²) in [7, 11) is -1.05. The molecule has 1 atom stereocenters. The molecule has 0 N–H and O–H groups in total. The highest BCUT2D eigenvalue weighted by atomic mass is 32.2. The van der Waals surface area contributed by atoms with E-state index in [0.29, 0.717) is 18.9 Å². The van der Waals surface area contributed by atoms with Crippen molar-refractivity contribution in [3.63, 3.8) is 0 Å². The van der Waals surface area contributed by atoms with Gasteiger partial charge >= 0.3 is 0 Å². The summed E-state index contributed by atoms with van der Waals surface area (Å²) in [6.07, 6.45) is 7.60. The van der Waals surface area contributed by atoms with Gasteiger partial charge < -0.3 is 4.90 Å². The second-order valence-corrected chi connectivity index (χ2v) is 9.58. The number of aryl methyl sites for hydroxylation is 1. The Balaban J connectivity index is 1.39. The first-order valence-electron chi connectivity index (χ1n) is 9.09. The van der Waals surface area contributed by atoms with Gasteiger partial charge in [-0.3, -0.25) is 14.4 Å². The van der Waals surface area contributed by atoms with E-state index >= 15 is 0 Å². The zero-order valence-corrected chi connectivity index (χ0v) is 15.7. The summed E-state index contributed by atoms with van der Waals surface area (Å²) in [4.78, 5) is 16.3. The zero-order valence-electron chi connectivity index (χ0n) is 14.9. The summed E-state index contributed by atoms with van der Waals surface area (Å²) >= 11 is 0. The lowest BCUT2D eigenvalue weighted by molar-refractivity contribution is -0.134. The number of likely N-dealkylation sites (N-methyl/N-ethyl adjacent to an activating group) is 1. The van der Waals surface area contributed by atoms with Gasteiger partial charge in [-0.15, -0.1) is 0 Å². The Morgan fingerprint density at radius 1 is 1.28 bits per heavy atom. The molecule has 2 aliphatic rings. The molecule has 0 unspecified atom stereocenters. The van der Waals surface area contributed by atoms with Crippen molar-refractivity contribution >= 4 is 15.7 Å². The Kier molecular flexibility index (Phi) is 5.78. The SMILES string of the molecule is CN(CC(=O)N1CCC(CCn2cccn2)CC1)[C@@H]1CCS(=O)(=O)C1. The number of carbonyl (C=O) groups is 1. The first-order valence-corrected chi connectivity index (χ1v) is 10.9. The maximum absolute atomic E-state index is 12.5. The predicted octanol–water partition coefficient (Wildman–Crippen LogP) is 0.631. The minimum absolute atomic E-state index is 0.0134. The highest BCUT2D eigenvalue weighted by molar-refractivity contribution is 7.91. The lowest BCUT2D eigenvalue weighted by Gasteiger charge is -2.34. The number of hydrogen-bond donors (Lipinski definition) is 0. The molecule has 1 aromatic rings. The van der Waals surface area contributed by atoms with Gasteiger partial charge in [0.1, 0.15) is 0 Å². The molecule has 8 heteroatoms. The average molecular weight is 369 g/mol. The van der Waals surface area contributed by atoms with Crippen LogP contribution in [0.4, 0.5) is 0 Å². The van der Waals surface area contributed by atoms with Gasteiger partial charge in [-0.2, -0.15) is 5.10 Å². The number of amides is 1. The summed E-state index contributed by atoms with van der Waals surface area (Å²) in [6, 6.07) is 1.92. The Morgan fingerprint density at radius 3 is 2.64 bits per heavy atom. The Morgan fingerprint density at radius 2 is 2.04 bits per heavy atom. The van der Waals surface area contributed by atoms with Crippen LogP contribution in [0.2, 0.25) is 0 Å². The van der Waals surface area contributed by atoms with Crippen LogP contribution in [-0.2, 0) is 21.2 Å². The van der Waals surface area contributed by atoms with Crippen molar-refractivity contribution in [2.45, 2.75) is 38.3 Å². The number of carbonyl (C=O) groups excluding carboxylic acids is 1. The highest BCUT2D eigenvalue weighted by Crippen LogP contribution is 2.22. The molecule has 2 fully saturated rings. The Hall–Kier alpha value is -1.41. The summed E-state index contributed by atoms with van der Waals surface area (Å²) in [5.74, 6) is 1.20. The second-order valence-electron chi connectivity index (χ2n) is 7.35. The van der Waals surface area contributed by atoms with Crippen molar-refractivity contribution in [1.29, 1.82) is 0 Å². The molecule has 0 aromatic carbocycles. The normalized spacial score (nSPS) is 24.1. The molecule has 7 nitrogen and oxygen atoms in total. The summed E-state index contributed by atoms with van der Waals surface area (Å²) < 4.78 is 25.1. The maximum atomic E-state index is 12.5.